The first-order valence-corrected chi connectivity index (χ1v) is 12.2. The SMILES string of the molecule is CN(C(=O)/C=C/[C@H](CC1CCCCC1)NC(=O)[C@@H]1CCN1)c1nnc(C(F)(F)F)s1.O=C(O)C(F)(F)F. The second-order valence-corrected chi connectivity index (χ2v) is 9.55. The fourth-order valence-electron chi connectivity index (χ4n) is 3.63. The van der Waals surface area contributed by atoms with Crippen molar-refractivity contribution in [3.05, 3.63) is 17.2 Å². The highest BCUT2D eigenvalue weighted by Gasteiger charge is 2.38. The first kappa shape index (κ1) is 30.5. The van der Waals surface area contributed by atoms with Gasteiger partial charge in [-0.1, -0.05) is 49.5 Å². The lowest BCUT2D eigenvalue weighted by Gasteiger charge is -2.30. The summed E-state index contributed by atoms with van der Waals surface area (Å²) in [7, 11) is 1.35. The molecule has 2 fully saturated rings. The first-order chi connectivity index (χ1) is 17.2. The molecule has 208 valence electrons. The second kappa shape index (κ2) is 13.2. The fraction of sp³-hybridized carbons (Fsp3) is 0.667. The van der Waals surface area contributed by atoms with Gasteiger partial charge in [0.1, 0.15) is 0 Å². The highest BCUT2D eigenvalue weighted by molar-refractivity contribution is 7.15. The van der Waals surface area contributed by atoms with E-state index in [0.29, 0.717) is 17.3 Å². The third kappa shape index (κ3) is 9.91. The summed E-state index contributed by atoms with van der Waals surface area (Å²) in [5, 5.41) is 18.5. The third-order valence-corrected chi connectivity index (χ3v) is 6.81. The van der Waals surface area contributed by atoms with E-state index >= 15 is 0 Å². The Kier molecular flexibility index (Phi) is 10.8. The fourth-order valence-corrected chi connectivity index (χ4v) is 4.31. The highest BCUT2D eigenvalue weighted by atomic mass is 32.1. The molecule has 2 heterocycles. The van der Waals surface area contributed by atoms with E-state index in [0.717, 1.165) is 37.1 Å². The van der Waals surface area contributed by atoms with Crippen molar-refractivity contribution < 1.29 is 45.8 Å². The van der Waals surface area contributed by atoms with Gasteiger partial charge in [0.15, 0.2) is 0 Å². The molecule has 0 spiro atoms. The van der Waals surface area contributed by atoms with Crippen molar-refractivity contribution in [1.29, 1.82) is 0 Å². The number of hydrogen-bond donors (Lipinski definition) is 3. The summed E-state index contributed by atoms with van der Waals surface area (Å²) >= 11 is 0.310. The molecule has 0 unspecified atom stereocenters. The molecule has 1 aliphatic heterocycles. The van der Waals surface area contributed by atoms with Crippen molar-refractivity contribution in [3.63, 3.8) is 0 Å². The summed E-state index contributed by atoms with van der Waals surface area (Å²) < 4.78 is 69.9. The van der Waals surface area contributed by atoms with Crippen LogP contribution in [0.4, 0.5) is 31.5 Å². The average Bonchev–Trinajstić information content (AvgIpc) is 3.27. The van der Waals surface area contributed by atoms with Crippen molar-refractivity contribution in [3.8, 4) is 0 Å². The Labute approximate surface area is 212 Å². The lowest BCUT2D eigenvalue weighted by Crippen LogP contribution is -2.55. The first-order valence-electron chi connectivity index (χ1n) is 11.4. The number of carbonyl (C=O) groups is 3. The molecule has 0 aromatic carbocycles. The normalized spacial score (nSPS) is 19.4. The predicted molar refractivity (Wildman–Crippen MR) is 121 cm³/mol. The number of carboxylic acid groups (broad SMARTS) is 1. The molecule has 1 aromatic heterocycles. The van der Waals surface area contributed by atoms with Gasteiger partial charge in [0.25, 0.3) is 5.91 Å². The molecule has 1 aliphatic carbocycles. The summed E-state index contributed by atoms with van der Waals surface area (Å²) in [6, 6.07) is -0.506. The van der Waals surface area contributed by atoms with Gasteiger partial charge in [-0.15, -0.1) is 10.2 Å². The van der Waals surface area contributed by atoms with Crippen LogP contribution in [0.25, 0.3) is 0 Å². The van der Waals surface area contributed by atoms with E-state index in [4.69, 9.17) is 9.90 Å². The van der Waals surface area contributed by atoms with Crippen LogP contribution in [-0.4, -0.2) is 64.9 Å². The van der Waals surface area contributed by atoms with Crippen LogP contribution in [0.1, 0.15) is 50.0 Å². The summed E-state index contributed by atoms with van der Waals surface area (Å²) in [6.45, 7) is 0.812. The number of alkyl halides is 6. The minimum absolute atomic E-state index is 0.0912. The number of aliphatic carboxylic acids is 1. The topological polar surface area (TPSA) is 125 Å². The van der Waals surface area contributed by atoms with Gasteiger partial charge in [0.2, 0.25) is 16.0 Å². The van der Waals surface area contributed by atoms with E-state index in [1.807, 2.05) is 0 Å². The lowest BCUT2D eigenvalue weighted by molar-refractivity contribution is -0.192. The lowest BCUT2D eigenvalue weighted by atomic mass is 9.84. The summed E-state index contributed by atoms with van der Waals surface area (Å²) in [5.74, 6) is -2.89. The quantitative estimate of drug-likeness (QED) is 0.345. The van der Waals surface area contributed by atoms with E-state index in [9.17, 15) is 35.9 Å². The van der Waals surface area contributed by atoms with Gasteiger partial charge in [-0.25, -0.2) is 4.79 Å². The van der Waals surface area contributed by atoms with E-state index in [1.165, 1.54) is 32.4 Å². The number of anilines is 1. The van der Waals surface area contributed by atoms with Gasteiger partial charge in [0.05, 0.1) is 6.04 Å². The Hall–Kier alpha value is -2.75. The number of halogens is 6. The number of amides is 2. The smallest absolute Gasteiger partial charge is 0.475 e. The number of rotatable bonds is 7. The molecule has 2 aliphatic rings. The zero-order valence-electron chi connectivity index (χ0n) is 19.7. The minimum atomic E-state index is -5.08. The molecule has 1 saturated heterocycles. The van der Waals surface area contributed by atoms with Gasteiger partial charge < -0.3 is 15.7 Å². The van der Waals surface area contributed by atoms with E-state index < -0.39 is 29.2 Å². The molecule has 1 aromatic rings. The Morgan fingerprint density at radius 1 is 1.14 bits per heavy atom. The Morgan fingerprint density at radius 3 is 2.19 bits per heavy atom. The molecule has 37 heavy (non-hydrogen) atoms. The standard InChI is InChI=1S/C19H26F3N5O2S.C2HF3O2/c1-27(18-26-25-17(30-18)19(20,21)22)15(28)8-7-13(11-12-5-3-2-4-6-12)24-16(29)14-9-10-23-14;3-2(4,5)1(6)7/h7-8,12-14,23H,2-6,9-11H2,1H3,(H,24,29);(H,6,7)/b8-7+;/t13-,14+;/m1./s1. The maximum atomic E-state index is 12.7. The van der Waals surface area contributed by atoms with Gasteiger partial charge >= 0.3 is 18.3 Å². The van der Waals surface area contributed by atoms with Crippen LogP contribution in [0.5, 0.6) is 0 Å². The third-order valence-electron chi connectivity index (χ3n) is 5.77. The monoisotopic (exact) mass is 559 g/mol. The van der Waals surface area contributed by atoms with Crippen LogP contribution in [0.15, 0.2) is 12.2 Å². The average molecular weight is 560 g/mol. The van der Waals surface area contributed by atoms with E-state index in [-0.39, 0.29) is 23.1 Å². The van der Waals surface area contributed by atoms with Gasteiger partial charge in [0, 0.05) is 19.2 Å². The molecule has 2 amide bonds. The minimum Gasteiger partial charge on any atom is -0.475 e. The number of likely N-dealkylation sites (N-methyl/N-ethyl adjacent to an activating group) is 1. The molecule has 3 N–H and O–H groups in total. The van der Waals surface area contributed by atoms with Crippen molar-refractivity contribution in [2.75, 3.05) is 18.5 Å². The Bertz CT molecular complexity index is 958. The molecular weight excluding hydrogens is 532 g/mol. The summed E-state index contributed by atoms with van der Waals surface area (Å²) in [6.07, 6.45) is 0.517. The van der Waals surface area contributed by atoms with Crippen LogP contribution < -0.4 is 15.5 Å². The van der Waals surface area contributed by atoms with Gasteiger partial charge in [-0.05, 0) is 25.3 Å². The summed E-state index contributed by atoms with van der Waals surface area (Å²) in [5.41, 5.74) is 0. The molecule has 0 bridgehead atoms. The Balaban J connectivity index is 0.000000604. The van der Waals surface area contributed by atoms with Crippen LogP contribution in [0, 0.1) is 5.92 Å². The van der Waals surface area contributed by atoms with Crippen molar-refractivity contribution in [2.45, 2.75) is 69.4 Å². The van der Waals surface area contributed by atoms with Crippen molar-refractivity contribution in [2.24, 2.45) is 5.92 Å². The second-order valence-electron chi connectivity index (χ2n) is 8.60. The van der Waals surface area contributed by atoms with Crippen molar-refractivity contribution in [1.82, 2.24) is 20.8 Å². The van der Waals surface area contributed by atoms with E-state index in [2.05, 4.69) is 20.8 Å². The maximum absolute atomic E-state index is 12.7. The number of nitrogens with zero attached hydrogens (tertiary/aromatic N) is 3. The number of aromatic nitrogens is 2. The van der Waals surface area contributed by atoms with Crippen molar-refractivity contribution >= 4 is 34.3 Å². The van der Waals surface area contributed by atoms with Gasteiger partial charge in [-0.3, -0.25) is 14.5 Å². The number of nitrogens with one attached hydrogen (secondary N) is 2. The molecule has 0 radical (unpaired) electrons. The van der Waals surface area contributed by atoms with Crippen LogP contribution in [-0.2, 0) is 20.6 Å². The number of carboxylic acids is 1. The maximum Gasteiger partial charge on any atom is 0.490 e. The van der Waals surface area contributed by atoms with Crippen LogP contribution in [0.2, 0.25) is 0 Å². The van der Waals surface area contributed by atoms with E-state index in [1.54, 1.807) is 6.08 Å². The van der Waals surface area contributed by atoms with Crippen LogP contribution in [0.3, 0.4) is 0 Å². The molecule has 16 heteroatoms. The zero-order valence-corrected chi connectivity index (χ0v) is 20.5. The molecule has 1 saturated carbocycles. The van der Waals surface area contributed by atoms with Gasteiger partial charge in [-0.2, -0.15) is 26.3 Å². The largest absolute Gasteiger partial charge is 0.490 e. The number of hydrogen-bond acceptors (Lipinski definition) is 7. The molecule has 9 nitrogen and oxygen atoms in total. The summed E-state index contributed by atoms with van der Waals surface area (Å²) in [4.78, 5) is 34.7. The predicted octanol–water partition coefficient (Wildman–Crippen LogP) is 3.53. The zero-order chi connectivity index (χ0) is 27.8. The highest BCUT2D eigenvalue weighted by Crippen LogP contribution is 2.34. The molecular formula is C21H27F6N5O4S. The Morgan fingerprint density at radius 2 is 1.73 bits per heavy atom. The number of carbonyl (C=O) groups excluding carboxylic acids is 2. The van der Waals surface area contributed by atoms with Crippen LogP contribution >= 0.6 is 11.3 Å². The molecule has 3 rings (SSSR count). The molecule has 2 atom stereocenters.